The zero-order chi connectivity index (χ0) is 22.2. The van der Waals surface area contributed by atoms with Crippen LogP contribution in [0.5, 0.6) is 0 Å². The molecular formula is C24H31N3O3S. The van der Waals surface area contributed by atoms with Gasteiger partial charge < -0.3 is 10.2 Å². The Morgan fingerprint density at radius 3 is 2.42 bits per heavy atom. The summed E-state index contributed by atoms with van der Waals surface area (Å²) in [5, 5.41) is 2.83. The van der Waals surface area contributed by atoms with Gasteiger partial charge in [-0.3, -0.25) is 4.79 Å². The first-order valence-corrected chi connectivity index (χ1v) is 12.4. The minimum Gasteiger partial charge on any atom is -0.378 e. The predicted octanol–water partition coefficient (Wildman–Crippen LogP) is 4.11. The van der Waals surface area contributed by atoms with Crippen LogP contribution in [0.3, 0.4) is 0 Å². The summed E-state index contributed by atoms with van der Waals surface area (Å²) in [7, 11) is 0.243. The zero-order valence-corrected chi connectivity index (χ0v) is 19.2. The van der Waals surface area contributed by atoms with Gasteiger partial charge in [0.2, 0.25) is 10.0 Å². The highest BCUT2D eigenvalue weighted by Gasteiger charge is 2.42. The summed E-state index contributed by atoms with van der Waals surface area (Å²) in [5.74, 6) is 1.64. The molecule has 1 amide bonds. The molecule has 7 heteroatoms. The second-order valence-electron chi connectivity index (χ2n) is 9.17. The van der Waals surface area contributed by atoms with Crippen molar-refractivity contribution in [2.45, 2.75) is 43.5 Å². The largest absolute Gasteiger partial charge is 0.378 e. The summed E-state index contributed by atoms with van der Waals surface area (Å²) in [5.41, 5.74) is 2.04. The fraction of sp³-hybridized carbons (Fsp3) is 0.458. The molecule has 2 fully saturated rings. The van der Waals surface area contributed by atoms with Crippen molar-refractivity contribution in [1.82, 2.24) is 4.72 Å². The Morgan fingerprint density at radius 1 is 1.06 bits per heavy atom. The molecule has 2 saturated carbocycles. The third-order valence-electron chi connectivity index (χ3n) is 6.82. The van der Waals surface area contributed by atoms with Gasteiger partial charge in [-0.15, -0.1) is 0 Å². The number of nitrogens with one attached hydrogen (secondary N) is 2. The lowest BCUT2D eigenvalue weighted by Crippen LogP contribution is -2.40. The zero-order valence-electron chi connectivity index (χ0n) is 18.3. The molecule has 0 spiro atoms. The summed E-state index contributed by atoms with van der Waals surface area (Å²) in [6, 6.07) is 13.6. The van der Waals surface area contributed by atoms with Gasteiger partial charge in [0.25, 0.3) is 5.91 Å². The van der Waals surface area contributed by atoms with E-state index in [1.54, 1.807) is 30.3 Å². The molecular weight excluding hydrogens is 410 g/mol. The molecule has 2 aliphatic rings. The van der Waals surface area contributed by atoms with Crippen molar-refractivity contribution in [3.63, 3.8) is 0 Å². The molecule has 0 radical (unpaired) electrons. The van der Waals surface area contributed by atoms with Crippen molar-refractivity contribution >= 4 is 27.3 Å². The van der Waals surface area contributed by atoms with Crippen LogP contribution in [0, 0.1) is 17.8 Å². The van der Waals surface area contributed by atoms with E-state index < -0.39 is 10.0 Å². The number of carbonyl (C=O) groups is 1. The van der Waals surface area contributed by atoms with Crippen molar-refractivity contribution in [3.8, 4) is 0 Å². The molecule has 0 aliphatic heterocycles. The van der Waals surface area contributed by atoms with Gasteiger partial charge in [0, 0.05) is 37.1 Å². The first-order chi connectivity index (χ1) is 14.7. The fourth-order valence-corrected chi connectivity index (χ4v) is 6.45. The van der Waals surface area contributed by atoms with Crippen LogP contribution in [0.4, 0.5) is 11.4 Å². The maximum atomic E-state index is 12.9. The lowest BCUT2D eigenvalue weighted by Gasteiger charge is -2.28. The molecule has 2 N–H and O–H groups in total. The number of anilines is 2. The molecule has 4 rings (SSSR count). The van der Waals surface area contributed by atoms with Crippen LogP contribution >= 0.6 is 0 Å². The topological polar surface area (TPSA) is 78.5 Å². The van der Waals surface area contributed by atoms with E-state index >= 15 is 0 Å². The molecule has 2 bridgehead atoms. The van der Waals surface area contributed by atoms with Crippen molar-refractivity contribution in [3.05, 3.63) is 54.1 Å². The Kier molecular flexibility index (Phi) is 6.08. The van der Waals surface area contributed by atoms with Crippen molar-refractivity contribution in [2.75, 3.05) is 24.3 Å². The molecule has 4 atom stereocenters. The molecule has 31 heavy (non-hydrogen) atoms. The number of fused-ring (bicyclic) bond motifs is 2. The maximum Gasteiger partial charge on any atom is 0.255 e. The lowest BCUT2D eigenvalue weighted by molar-refractivity contribution is 0.102. The van der Waals surface area contributed by atoms with Crippen molar-refractivity contribution in [2.24, 2.45) is 17.8 Å². The smallest absolute Gasteiger partial charge is 0.255 e. The summed E-state index contributed by atoms with van der Waals surface area (Å²) in [4.78, 5) is 14.7. The normalized spacial score (nSPS) is 23.5. The van der Waals surface area contributed by atoms with Crippen LogP contribution in [-0.4, -0.2) is 34.5 Å². The van der Waals surface area contributed by atoms with E-state index in [0.717, 1.165) is 18.0 Å². The second kappa shape index (κ2) is 8.63. The van der Waals surface area contributed by atoms with Gasteiger partial charge in [-0.25, -0.2) is 13.1 Å². The Labute approximate surface area is 185 Å². The average Bonchev–Trinajstić information content (AvgIpc) is 3.38. The SMILES string of the molecule is CC(NS(=O)(=O)c1ccc(NC(=O)c2cccc(N(C)C)c2)cc1)C1CC2CCC1C2. The molecule has 166 valence electrons. The number of amides is 1. The number of rotatable bonds is 7. The lowest BCUT2D eigenvalue weighted by atomic mass is 9.84. The van der Waals surface area contributed by atoms with Crippen LogP contribution in [0.25, 0.3) is 0 Å². The van der Waals surface area contributed by atoms with Crippen LogP contribution < -0.4 is 14.9 Å². The van der Waals surface area contributed by atoms with Gasteiger partial charge in [-0.2, -0.15) is 0 Å². The summed E-state index contributed by atoms with van der Waals surface area (Å²) in [6.45, 7) is 1.99. The van der Waals surface area contributed by atoms with E-state index in [0.29, 0.717) is 23.1 Å². The fourth-order valence-electron chi connectivity index (χ4n) is 5.15. The van der Waals surface area contributed by atoms with E-state index in [1.165, 1.54) is 19.3 Å². The maximum absolute atomic E-state index is 12.9. The highest BCUT2D eigenvalue weighted by atomic mass is 32.2. The predicted molar refractivity (Wildman–Crippen MR) is 124 cm³/mol. The number of nitrogens with zero attached hydrogens (tertiary/aromatic N) is 1. The van der Waals surface area contributed by atoms with Crippen LogP contribution in [0.1, 0.15) is 43.0 Å². The molecule has 2 aromatic rings. The molecule has 4 unspecified atom stereocenters. The number of sulfonamides is 1. The quantitative estimate of drug-likeness (QED) is 0.678. The Morgan fingerprint density at radius 2 is 1.81 bits per heavy atom. The highest BCUT2D eigenvalue weighted by Crippen LogP contribution is 2.49. The van der Waals surface area contributed by atoms with E-state index in [1.807, 2.05) is 44.1 Å². The molecule has 0 heterocycles. The monoisotopic (exact) mass is 441 g/mol. The van der Waals surface area contributed by atoms with Crippen LogP contribution in [-0.2, 0) is 10.0 Å². The Bertz CT molecular complexity index is 1050. The molecule has 6 nitrogen and oxygen atoms in total. The van der Waals surface area contributed by atoms with Crippen LogP contribution in [0.15, 0.2) is 53.4 Å². The van der Waals surface area contributed by atoms with Gasteiger partial charge in [-0.1, -0.05) is 12.5 Å². The number of hydrogen-bond acceptors (Lipinski definition) is 4. The molecule has 2 aromatic carbocycles. The minimum absolute atomic E-state index is 0.0661. The van der Waals surface area contributed by atoms with E-state index in [9.17, 15) is 13.2 Å². The van der Waals surface area contributed by atoms with E-state index in [2.05, 4.69) is 10.0 Å². The summed E-state index contributed by atoms with van der Waals surface area (Å²) < 4.78 is 28.6. The Balaban J connectivity index is 1.40. The summed E-state index contributed by atoms with van der Waals surface area (Å²) in [6.07, 6.45) is 4.91. The highest BCUT2D eigenvalue weighted by molar-refractivity contribution is 7.89. The van der Waals surface area contributed by atoms with E-state index in [-0.39, 0.29) is 16.8 Å². The van der Waals surface area contributed by atoms with Crippen molar-refractivity contribution in [1.29, 1.82) is 0 Å². The molecule has 0 aromatic heterocycles. The first-order valence-electron chi connectivity index (χ1n) is 10.9. The molecule has 0 saturated heterocycles. The first kappa shape index (κ1) is 21.8. The standard InChI is InChI=1S/C24H31N3O3S/c1-16(23-14-17-7-8-18(23)13-17)26-31(29,30)22-11-9-20(10-12-22)25-24(28)19-5-4-6-21(15-19)27(2)3/h4-6,9-12,15-18,23,26H,7-8,13-14H2,1-3H3,(H,25,28). The van der Waals surface area contributed by atoms with Gasteiger partial charge in [-0.05, 0) is 86.4 Å². The second-order valence-corrected chi connectivity index (χ2v) is 10.9. The summed E-state index contributed by atoms with van der Waals surface area (Å²) >= 11 is 0. The minimum atomic E-state index is -3.59. The van der Waals surface area contributed by atoms with Gasteiger partial charge in [0.1, 0.15) is 0 Å². The average molecular weight is 442 g/mol. The molecule has 2 aliphatic carbocycles. The van der Waals surface area contributed by atoms with Gasteiger partial charge in [0.15, 0.2) is 0 Å². The van der Waals surface area contributed by atoms with Gasteiger partial charge >= 0.3 is 0 Å². The van der Waals surface area contributed by atoms with E-state index in [4.69, 9.17) is 0 Å². The number of carbonyl (C=O) groups excluding carboxylic acids is 1. The third kappa shape index (κ3) is 4.77. The van der Waals surface area contributed by atoms with Crippen LogP contribution in [0.2, 0.25) is 0 Å². The van der Waals surface area contributed by atoms with Gasteiger partial charge in [0.05, 0.1) is 4.90 Å². The third-order valence-corrected chi connectivity index (χ3v) is 8.40. The van der Waals surface area contributed by atoms with Crippen molar-refractivity contribution < 1.29 is 13.2 Å². The number of benzene rings is 2. The number of hydrogen-bond donors (Lipinski definition) is 2. The Hall–Kier alpha value is -2.38.